The van der Waals surface area contributed by atoms with Gasteiger partial charge in [0, 0.05) is 25.0 Å². The van der Waals surface area contributed by atoms with E-state index in [1.807, 2.05) is 0 Å². The van der Waals surface area contributed by atoms with E-state index < -0.39 is 0 Å². The van der Waals surface area contributed by atoms with Crippen molar-refractivity contribution in [3.8, 4) is 0 Å². The predicted octanol–water partition coefficient (Wildman–Crippen LogP) is 3.91. The van der Waals surface area contributed by atoms with Crippen molar-refractivity contribution in [1.82, 2.24) is 9.88 Å². The van der Waals surface area contributed by atoms with Crippen LogP contribution in [0.25, 0.3) is 0 Å². The normalized spacial score (nSPS) is 12.6. The SMILES string of the molecule is CCCNC(C)c1ccn(Cc2ccccc2C)c1. The molecule has 0 radical (unpaired) electrons. The second kappa shape index (κ2) is 6.58. The molecular weight excluding hydrogens is 232 g/mol. The second-order valence-corrected chi connectivity index (χ2v) is 5.22. The van der Waals surface area contributed by atoms with Crippen molar-refractivity contribution < 1.29 is 0 Å². The Hall–Kier alpha value is -1.54. The molecule has 0 saturated carbocycles. The number of aryl methyl sites for hydroxylation is 1. The van der Waals surface area contributed by atoms with Crippen LogP contribution in [-0.4, -0.2) is 11.1 Å². The maximum absolute atomic E-state index is 3.52. The average molecular weight is 256 g/mol. The minimum absolute atomic E-state index is 0.429. The third-order valence-electron chi connectivity index (χ3n) is 3.59. The number of hydrogen-bond donors (Lipinski definition) is 1. The van der Waals surface area contributed by atoms with Crippen molar-refractivity contribution in [1.29, 1.82) is 0 Å². The summed E-state index contributed by atoms with van der Waals surface area (Å²) in [5.74, 6) is 0. The van der Waals surface area contributed by atoms with Gasteiger partial charge in [0.15, 0.2) is 0 Å². The molecule has 0 bridgehead atoms. The highest BCUT2D eigenvalue weighted by Crippen LogP contribution is 2.15. The van der Waals surface area contributed by atoms with Gasteiger partial charge in [0.1, 0.15) is 0 Å². The van der Waals surface area contributed by atoms with E-state index >= 15 is 0 Å². The van der Waals surface area contributed by atoms with Crippen LogP contribution in [0.1, 0.15) is 43.0 Å². The van der Waals surface area contributed by atoms with E-state index in [1.165, 1.54) is 23.1 Å². The number of hydrogen-bond acceptors (Lipinski definition) is 1. The Morgan fingerprint density at radius 1 is 1.21 bits per heavy atom. The molecule has 1 atom stereocenters. The molecule has 0 aliphatic heterocycles. The van der Waals surface area contributed by atoms with E-state index in [4.69, 9.17) is 0 Å². The van der Waals surface area contributed by atoms with Crippen LogP contribution in [0.5, 0.6) is 0 Å². The summed E-state index contributed by atoms with van der Waals surface area (Å²) in [4.78, 5) is 0. The molecule has 2 nitrogen and oxygen atoms in total. The number of nitrogens with one attached hydrogen (secondary N) is 1. The van der Waals surface area contributed by atoms with Gasteiger partial charge in [-0.3, -0.25) is 0 Å². The molecule has 1 aromatic carbocycles. The van der Waals surface area contributed by atoms with Crippen molar-refractivity contribution in [2.45, 2.75) is 39.8 Å². The molecule has 0 saturated heterocycles. The van der Waals surface area contributed by atoms with Gasteiger partial charge in [-0.15, -0.1) is 0 Å². The van der Waals surface area contributed by atoms with E-state index in [0.717, 1.165) is 13.1 Å². The van der Waals surface area contributed by atoms with E-state index in [9.17, 15) is 0 Å². The Kier molecular flexibility index (Phi) is 4.80. The van der Waals surface area contributed by atoms with Gasteiger partial charge in [-0.2, -0.15) is 0 Å². The van der Waals surface area contributed by atoms with Crippen LogP contribution >= 0.6 is 0 Å². The van der Waals surface area contributed by atoms with Gasteiger partial charge in [-0.05, 0) is 49.6 Å². The zero-order valence-electron chi connectivity index (χ0n) is 12.2. The summed E-state index contributed by atoms with van der Waals surface area (Å²) in [6.07, 6.45) is 5.60. The maximum Gasteiger partial charge on any atom is 0.0472 e. The van der Waals surface area contributed by atoms with Gasteiger partial charge >= 0.3 is 0 Å². The lowest BCUT2D eigenvalue weighted by atomic mass is 10.1. The Balaban J connectivity index is 2.03. The highest BCUT2D eigenvalue weighted by atomic mass is 15.0. The molecule has 2 heteroatoms. The Bertz CT molecular complexity index is 513. The largest absolute Gasteiger partial charge is 0.350 e. The highest BCUT2D eigenvalue weighted by Gasteiger charge is 2.06. The van der Waals surface area contributed by atoms with Gasteiger partial charge in [0.05, 0.1) is 0 Å². The van der Waals surface area contributed by atoms with Crippen LogP contribution in [-0.2, 0) is 6.54 Å². The quantitative estimate of drug-likeness (QED) is 0.829. The molecule has 1 heterocycles. The van der Waals surface area contributed by atoms with Gasteiger partial charge in [0.2, 0.25) is 0 Å². The van der Waals surface area contributed by atoms with E-state index in [0.29, 0.717) is 6.04 Å². The molecule has 102 valence electrons. The van der Waals surface area contributed by atoms with Crippen molar-refractivity contribution in [3.05, 3.63) is 59.4 Å². The lowest BCUT2D eigenvalue weighted by Crippen LogP contribution is -2.18. The molecule has 0 aliphatic carbocycles. The maximum atomic E-state index is 3.52. The molecule has 2 rings (SSSR count). The third kappa shape index (κ3) is 3.71. The Morgan fingerprint density at radius 3 is 2.74 bits per heavy atom. The highest BCUT2D eigenvalue weighted by molar-refractivity contribution is 5.26. The number of benzene rings is 1. The van der Waals surface area contributed by atoms with Crippen molar-refractivity contribution in [2.75, 3.05) is 6.54 Å². The lowest BCUT2D eigenvalue weighted by Gasteiger charge is -2.11. The fourth-order valence-electron chi connectivity index (χ4n) is 2.28. The zero-order valence-corrected chi connectivity index (χ0v) is 12.2. The first-order chi connectivity index (χ1) is 9.20. The summed E-state index contributed by atoms with van der Waals surface area (Å²) < 4.78 is 2.27. The van der Waals surface area contributed by atoms with E-state index in [1.54, 1.807) is 0 Å². The molecule has 1 N–H and O–H groups in total. The van der Waals surface area contributed by atoms with Crippen molar-refractivity contribution in [2.24, 2.45) is 0 Å². The van der Waals surface area contributed by atoms with Crippen LogP contribution in [0.4, 0.5) is 0 Å². The van der Waals surface area contributed by atoms with Crippen LogP contribution in [0.2, 0.25) is 0 Å². The first kappa shape index (κ1) is 13.9. The molecule has 0 amide bonds. The van der Waals surface area contributed by atoms with Gasteiger partial charge in [-0.1, -0.05) is 31.2 Å². The predicted molar refractivity (Wildman–Crippen MR) is 81.4 cm³/mol. The van der Waals surface area contributed by atoms with Gasteiger partial charge in [-0.25, -0.2) is 0 Å². The molecule has 0 fully saturated rings. The number of aromatic nitrogens is 1. The minimum Gasteiger partial charge on any atom is -0.350 e. The Morgan fingerprint density at radius 2 is 2.00 bits per heavy atom. The first-order valence-electron chi connectivity index (χ1n) is 7.14. The van der Waals surface area contributed by atoms with Crippen molar-refractivity contribution >= 4 is 0 Å². The molecular formula is C17H24N2. The monoisotopic (exact) mass is 256 g/mol. The third-order valence-corrected chi connectivity index (χ3v) is 3.59. The summed E-state index contributed by atoms with van der Waals surface area (Å²) in [6, 6.07) is 11.2. The molecule has 0 aliphatic rings. The topological polar surface area (TPSA) is 17.0 Å². The fraction of sp³-hybridized carbons (Fsp3) is 0.412. The van der Waals surface area contributed by atoms with Gasteiger partial charge < -0.3 is 9.88 Å². The lowest BCUT2D eigenvalue weighted by molar-refractivity contribution is 0.569. The summed E-state index contributed by atoms with van der Waals surface area (Å²) >= 11 is 0. The molecule has 1 aromatic heterocycles. The summed E-state index contributed by atoms with van der Waals surface area (Å²) in [5, 5.41) is 3.52. The zero-order chi connectivity index (χ0) is 13.7. The smallest absolute Gasteiger partial charge is 0.0472 e. The number of nitrogens with zero attached hydrogens (tertiary/aromatic N) is 1. The van der Waals surface area contributed by atoms with Crippen LogP contribution in [0.15, 0.2) is 42.7 Å². The van der Waals surface area contributed by atoms with Crippen LogP contribution in [0, 0.1) is 6.92 Å². The molecule has 0 spiro atoms. The summed E-state index contributed by atoms with van der Waals surface area (Å²) in [5.41, 5.74) is 4.11. The number of rotatable bonds is 6. The Labute approximate surface area is 116 Å². The fourth-order valence-corrected chi connectivity index (χ4v) is 2.28. The van der Waals surface area contributed by atoms with Gasteiger partial charge in [0.25, 0.3) is 0 Å². The summed E-state index contributed by atoms with van der Waals surface area (Å²) in [7, 11) is 0. The van der Waals surface area contributed by atoms with Crippen molar-refractivity contribution in [3.63, 3.8) is 0 Å². The summed E-state index contributed by atoms with van der Waals surface area (Å²) in [6.45, 7) is 8.62. The average Bonchev–Trinajstić information content (AvgIpc) is 2.87. The molecule has 2 aromatic rings. The standard InChI is InChI=1S/C17H24N2/c1-4-10-18-15(3)17-9-11-19(13-17)12-16-8-6-5-7-14(16)2/h5-9,11,13,15,18H,4,10,12H2,1-3H3. The van der Waals surface area contributed by atoms with Crippen LogP contribution < -0.4 is 5.32 Å². The first-order valence-corrected chi connectivity index (χ1v) is 7.14. The minimum atomic E-state index is 0.429. The van der Waals surface area contributed by atoms with E-state index in [-0.39, 0.29) is 0 Å². The molecule has 19 heavy (non-hydrogen) atoms. The van der Waals surface area contributed by atoms with Crippen LogP contribution in [0.3, 0.4) is 0 Å². The molecule has 1 unspecified atom stereocenters. The second-order valence-electron chi connectivity index (χ2n) is 5.22. The van der Waals surface area contributed by atoms with E-state index in [2.05, 4.69) is 73.4 Å².